The molecule has 0 heterocycles. The lowest BCUT2D eigenvalue weighted by molar-refractivity contribution is -0.137. The monoisotopic (exact) mass is 379 g/mol. The van der Waals surface area contributed by atoms with E-state index in [1.54, 1.807) is 0 Å². The first-order chi connectivity index (χ1) is 12.6. The van der Waals surface area contributed by atoms with Gasteiger partial charge in [0.1, 0.15) is 0 Å². The number of nitrogens with zero attached hydrogens (tertiary/aromatic N) is 1. The Morgan fingerprint density at radius 3 is 2.22 bits per heavy atom. The van der Waals surface area contributed by atoms with Gasteiger partial charge >= 0.3 is 12.2 Å². The van der Waals surface area contributed by atoms with Gasteiger partial charge in [-0.2, -0.15) is 13.2 Å². The number of carbonyl (C=O) groups excluding carboxylic acids is 2. The van der Waals surface area contributed by atoms with E-state index in [0.717, 1.165) is 23.3 Å². The normalized spacial score (nSPS) is 11.0. The number of amides is 3. The number of rotatable bonds is 4. The van der Waals surface area contributed by atoms with Crippen molar-refractivity contribution in [3.05, 3.63) is 59.2 Å². The fourth-order valence-electron chi connectivity index (χ4n) is 2.42. The van der Waals surface area contributed by atoms with Crippen molar-refractivity contribution in [1.82, 2.24) is 4.90 Å². The highest BCUT2D eigenvalue weighted by Crippen LogP contribution is 2.36. The molecule has 27 heavy (non-hydrogen) atoms. The van der Waals surface area contributed by atoms with Crippen molar-refractivity contribution < 1.29 is 22.8 Å². The molecule has 0 bridgehead atoms. The summed E-state index contributed by atoms with van der Waals surface area (Å²) in [5.41, 5.74) is 0.513. The van der Waals surface area contributed by atoms with Gasteiger partial charge < -0.3 is 15.5 Å². The average molecular weight is 379 g/mol. The Balaban J connectivity index is 2.17. The molecule has 2 N–H and O–H groups in total. The summed E-state index contributed by atoms with van der Waals surface area (Å²) >= 11 is 0. The minimum atomic E-state index is -4.69. The first-order valence-electron chi connectivity index (χ1n) is 8.13. The zero-order chi connectivity index (χ0) is 20.2. The van der Waals surface area contributed by atoms with Crippen molar-refractivity contribution in [2.24, 2.45) is 0 Å². The zero-order valence-corrected chi connectivity index (χ0v) is 15.1. The fraction of sp³-hybridized carbons (Fsp3) is 0.263. The van der Waals surface area contributed by atoms with E-state index in [1.807, 2.05) is 31.2 Å². The number of benzene rings is 2. The zero-order valence-electron chi connectivity index (χ0n) is 15.1. The van der Waals surface area contributed by atoms with Gasteiger partial charge in [0.05, 0.1) is 11.3 Å². The first kappa shape index (κ1) is 20.3. The second-order valence-electron chi connectivity index (χ2n) is 6.21. The molecule has 0 atom stereocenters. The maximum Gasteiger partial charge on any atom is 0.418 e. The lowest BCUT2D eigenvalue weighted by atomic mass is 10.1. The number of hydrogen-bond acceptors (Lipinski definition) is 2. The number of aryl methyl sites for hydroxylation is 1. The van der Waals surface area contributed by atoms with Crippen LogP contribution in [0.4, 0.5) is 29.3 Å². The molecule has 144 valence electrons. The summed E-state index contributed by atoms with van der Waals surface area (Å²) in [7, 11) is 1.49. The van der Waals surface area contributed by atoms with Gasteiger partial charge in [0.15, 0.2) is 0 Å². The molecule has 8 heteroatoms. The Kier molecular flexibility index (Phi) is 6.09. The summed E-state index contributed by atoms with van der Waals surface area (Å²) in [6.07, 6.45) is -4.69. The van der Waals surface area contributed by atoms with Gasteiger partial charge in [-0.1, -0.05) is 29.8 Å². The van der Waals surface area contributed by atoms with Crippen molar-refractivity contribution in [1.29, 1.82) is 0 Å². The van der Waals surface area contributed by atoms with E-state index in [1.165, 1.54) is 24.9 Å². The molecule has 2 aromatic carbocycles. The van der Waals surface area contributed by atoms with Gasteiger partial charge in [0, 0.05) is 26.2 Å². The smallest absolute Gasteiger partial charge is 0.326 e. The van der Waals surface area contributed by atoms with Crippen LogP contribution in [-0.4, -0.2) is 23.9 Å². The van der Waals surface area contributed by atoms with Crippen LogP contribution in [0.15, 0.2) is 42.5 Å². The lowest BCUT2D eigenvalue weighted by Gasteiger charge is -2.21. The topological polar surface area (TPSA) is 61.4 Å². The van der Waals surface area contributed by atoms with Crippen LogP contribution >= 0.6 is 0 Å². The van der Waals surface area contributed by atoms with E-state index in [4.69, 9.17) is 0 Å². The first-order valence-corrected chi connectivity index (χ1v) is 8.13. The highest BCUT2D eigenvalue weighted by atomic mass is 19.4. The van der Waals surface area contributed by atoms with Crippen molar-refractivity contribution in [3.8, 4) is 0 Å². The molecule has 0 fully saturated rings. The molecular weight excluding hydrogens is 359 g/mol. The number of urea groups is 1. The standard InChI is InChI=1S/C19H20F3N3O2/c1-12-4-6-14(7-5-12)11-25(3)18(27)24-17-9-8-15(23-13(2)26)10-16(17)19(20,21)22/h4-10H,11H2,1-3H3,(H,23,26)(H,24,27). The second-order valence-corrected chi connectivity index (χ2v) is 6.21. The molecule has 0 aromatic heterocycles. The van der Waals surface area contributed by atoms with Crippen molar-refractivity contribution >= 4 is 23.3 Å². The van der Waals surface area contributed by atoms with Crippen molar-refractivity contribution in [2.75, 3.05) is 17.7 Å². The van der Waals surface area contributed by atoms with Gasteiger partial charge in [0.25, 0.3) is 0 Å². The summed E-state index contributed by atoms with van der Waals surface area (Å²) in [5.74, 6) is -0.488. The molecule has 0 aliphatic rings. The van der Waals surface area contributed by atoms with Gasteiger partial charge in [-0.3, -0.25) is 4.79 Å². The summed E-state index contributed by atoms with van der Waals surface area (Å²) in [4.78, 5) is 24.6. The highest BCUT2D eigenvalue weighted by Gasteiger charge is 2.34. The Bertz CT molecular complexity index is 833. The molecule has 0 saturated heterocycles. The molecule has 0 radical (unpaired) electrons. The highest BCUT2D eigenvalue weighted by molar-refractivity contribution is 5.92. The molecular formula is C19H20F3N3O2. The average Bonchev–Trinajstić information content (AvgIpc) is 2.56. The number of nitrogens with one attached hydrogen (secondary N) is 2. The molecule has 0 saturated carbocycles. The van der Waals surface area contributed by atoms with Crippen molar-refractivity contribution in [2.45, 2.75) is 26.6 Å². The quantitative estimate of drug-likeness (QED) is 0.813. The molecule has 0 unspecified atom stereocenters. The second kappa shape index (κ2) is 8.11. The summed E-state index contributed by atoms with van der Waals surface area (Å²) in [5, 5.41) is 4.58. The number of alkyl halides is 3. The van der Waals surface area contributed by atoms with E-state index >= 15 is 0 Å². The minimum absolute atomic E-state index is 0.000772. The maximum atomic E-state index is 13.3. The van der Waals surface area contributed by atoms with Gasteiger partial charge in [0.2, 0.25) is 5.91 Å². The summed E-state index contributed by atoms with van der Waals surface area (Å²) < 4.78 is 40.0. The van der Waals surface area contributed by atoms with Crippen LogP contribution in [0.25, 0.3) is 0 Å². The van der Waals surface area contributed by atoms with E-state index < -0.39 is 23.7 Å². The Hall–Kier alpha value is -3.03. The van der Waals surface area contributed by atoms with E-state index in [2.05, 4.69) is 10.6 Å². The maximum absolute atomic E-state index is 13.3. The fourth-order valence-corrected chi connectivity index (χ4v) is 2.42. The minimum Gasteiger partial charge on any atom is -0.326 e. The van der Waals surface area contributed by atoms with E-state index in [9.17, 15) is 22.8 Å². The van der Waals surface area contributed by atoms with E-state index in [-0.39, 0.29) is 17.9 Å². The molecule has 0 aliphatic carbocycles. The lowest BCUT2D eigenvalue weighted by Crippen LogP contribution is -2.31. The number of halogens is 3. The van der Waals surface area contributed by atoms with Crippen LogP contribution in [0.3, 0.4) is 0 Å². The third-order valence-electron chi connectivity index (χ3n) is 3.77. The predicted molar refractivity (Wildman–Crippen MR) is 97.4 cm³/mol. The number of hydrogen-bond donors (Lipinski definition) is 2. The Morgan fingerprint density at radius 2 is 1.67 bits per heavy atom. The van der Waals surface area contributed by atoms with Crippen molar-refractivity contribution in [3.63, 3.8) is 0 Å². The van der Waals surface area contributed by atoms with Gasteiger partial charge in [-0.25, -0.2) is 4.79 Å². The summed E-state index contributed by atoms with van der Waals surface area (Å²) in [6.45, 7) is 3.38. The third kappa shape index (κ3) is 5.73. The van der Waals surface area contributed by atoms with Gasteiger partial charge in [-0.05, 0) is 30.7 Å². The van der Waals surface area contributed by atoms with Gasteiger partial charge in [-0.15, -0.1) is 0 Å². The molecule has 2 aromatic rings. The van der Waals surface area contributed by atoms with Crippen LogP contribution in [0.2, 0.25) is 0 Å². The number of carbonyl (C=O) groups is 2. The largest absolute Gasteiger partial charge is 0.418 e. The third-order valence-corrected chi connectivity index (χ3v) is 3.77. The number of anilines is 2. The summed E-state index contributed by atoms with van der Waals surface area (Å²) in [6, 6.07) is 10.0. The van der Waals surface area contributed by atoms with E-state index in [0.29, 0.717) is 0 Å². The Morgan fingerprint density at radius 1 is 1.04 bits per heavy atom. The van der Waals surface area contributed by atoms with Crippen LogP contribution in [-0.2, 0) is 17.5 Å². The Labute approximate surface area is 155 Å². The van der Waals surface area contributed by atoms with Crippen LogP contribution in [0.1, 0.15) is 23.6 Å². The SMILES string of the molecule is CC(=O)Nc1ccc(NC(=O)N(C)Cc2ccc(C)cc2)c(C(F)(F)F)c1. The van der Waals surface area contributed by atoms with Crippen LogP contribution in [0, 0.1) is 6.92 Å². The van der Waals surface area contributed by atoms with Crippen LogP contribution < -0.4 is 10.6 Å². The molecule has 3 amide bonds. The molecule has 0 spiro atoms. The predicted octanol–water partition coefficient (Wildman–Crippen LogP) is 4.64. The molecule has 5 nitrogen and oxygen atoms in total. The molecule has 0 aliphatic heterocycles. The molecule has 2 rings (SSSR count). The van der Waals surface area contributed by atoms with Crippen LogP contribution in [0.5, 0.6) is 0 Å².